The van der Waals surface area contributed by atoms with Gasteiger partial charge in [-0.3, -0.25) is 4.63 Å². The second kappa shape index (κ2) is 3.29. The van der Waals surface area contributed by atoms with Crippen molar-refractivity contribution < 1.29 is 9.53 Å². The normalized spacial score (nSPS) is 10.0. The highest BCUT2D eigenvalue weighted by Crippen LogP contribution is 2.17. The van der Waals surface area contributed by atoms with Crippen LogP contribution in [0.1, 0.15) is 5.69 Å². The lowest BCUT2D eigenvalue weighted by molar-refractivity contribution is -0.803. The molecular weight excluding hydrogens is 182 g/mol. The van der Waals surface area contributed by atoms with Gasteiger partial charge in [0.15, 0.2) is 0 Å². The second-order valence-electron chi connectivity index (χ2n) is 2.67. The SMILES string of the molecule is N=Cc1c(-c2ccccc2)no[n+]1[O-]. The summed E-state index contributed by atoms with van der Waals surface area (Å²) in [7, 11) is 0. The van der Waals surface area contributed by atoms with Crippen molar-refractivity contribution in [1.29, 1.82) is 5.41 Å². The summed E-state index contributed by atoms with van der Waals surface area (Å²) in [6.45, 7) is 0. The molecule has 5 heteroatoms. The molecule has 0 spiro atoms. The molecular formula is C9H7N3O2. The van der Waals surface area contributed by atoms with Crippen molar-refractivity contribution in [3.63, 3.8) is 0 Å². The Morgan fingerprint density at radius 2 is 2.07 bits per heavy atom. The summed E-state index contributed by atoms with van der Waals surface area (Å²) in [6, 6.07) is 9.11. The minimum absolute atomic E-state index is 0.108. The van der Waals surface area contributed by atoms with Crippen molar-refractivity contribution in [2.24, 2.45) is 0 Å². The summed E-state index contributed by atoms with van der Waals surface area (Å²) in [6.07, 6.45) is 0.922. The Kier molecular flexibility index (Phi) is 1.98. The summed E-state index contributed by atoms with van der Waals surface area (Å²) in [5, 5.41) is 21.6. The maximum Gasteiger partial charge on any atom is 0.257 e. The maximum absolute atomic E-state index is 11.0. The summed E-state index contributed by atoms with van der Waals surface area (Å²) in [4.78, 5) is 0.218. The highest BCUT2D eigenvalue weighted by molar-refractivity contribution is 5.82. The smallest absolute Gasteiger partial charge is 0.257 e. The highest BCUT2D eigenvalue weighted by atomic mass is 16.8. The molecule has 70 valence electrons. The molecule has 0 amide bonds. The van der Waals surface area contributed by atoms with E-state index in [0.717, 1.165) is 11.8 Å². The molecule has 14 heavy (non-hydrogen) atoms. The molecule has 1 N–H and O–H groups in total. The Morgan fingerprint density at radius 1 is 1.36 bits per heavy atom. The Bertz CT molecular complexity index is 450. The standard InChI is InChI=1S/C9H7N3O2/c10-6-8-9(11-14-12(8)13)7-4-2-1-3-5-7/h1-6,10H. The largest absolute Gasteiger partial charge is 0.359 e. The molecule has 0 bridgehead atoms. The van der Waals surface area contributed by atoms with Crippen molar-refractivity contribution in [3.05, 3.63) is 41.2 Å². The fraction of sp³-hybridized carbons (Fsp3) is 0. The van der Waals surface area contributed by atoms with Crippen LogP contribution in [0.2, 0.25) is 0 Å². The van der Waals surface area contributed by atoms with Crippen LogP contribution in [0.25, 0.3) is 11.3 Å². The molecule has 0 radical (unpaired) electrons. The Balaban J connectivity index is 2.57. The zero-order valence-electron chi connectivity index (χ0n) is 7.18. The number of nitrogens with one attached hydrogen (secondary N) is 1. The Morgan fingerprint density at radius 3 is 2.71 bits per heavy atom. The van der Waals surface area contributed by atoms with Crippen LogP contribution in [0.15, 0.2) is 35.0 Å². The van der Waals surface area contributed by atoms with E-state index in [9.17, 15) is 5.21 Å². The van der Waals surface area contributed by atoms with Crippen LogP contribution in [0.4, 0.5) is 0 Å². The lowest BCUT2D eigenvalue weighted by Crippen LogP contribution is -2.27. The molecule has 0 fully saturated rings. The van der Waals surface area contributed by atoms with Gasteiger partial charge in [-0.2, -0.15) is 0 Å². The molecule has 0 aliphatic rings. The number of rotatable bonds is 2. The number of hydrogen-bond donors (Lipinski definition) is 1. The first-order valence-corrected chi connectivity index (χ1v) is 3.98. The van der Waals surface area contributed by atoms with E-state index in [1.54, 1.807) is 12.1 Å². The van der Waals surface area contributed by atoms with Crippen LogP contribution in [0.5, 0.6) is 0 Å². The molecule has 0 aliphatic heterocycles. The third-order valence-corrected chi connectivity index (χ3v) is 1.83. The van der Waals surface area contributed by atoms with E-state index < -0.39 is 0 Å². The molecule has 1 heterocycles. The molecule has 0 saturated carbocycles. The lowest BCUT2D eigenvalue weighted by Gasteiger charge is -1.90. The van der Waals surface area contributed by atoms with Crippen molar-refractivity contribution in [1.82, 2.24) is 5.16 Å². The van der Waals surface area contributed by atoms with Crippen molar-refractivity contribution in [3.8, 4) is 11.3 Å². The molecule has 0 atom stereocenters. The van der Waals surface area contributed by atoms with Crippen LogP contribution < -0.4 is 4.90 Å². The van der Waals surface area contributed by atoms with E-state index >= 15 is 0 Å². The topological polar surface area (TPSA) is 76.8 Å². The van der Waals surface area contributed by atoms with Gasteiger partial charge in [0.25, 0.3) is 5.69 Å². The fourth-order valence-electron chi connectivity index (χ4n) is 1.17. The van der Waals surface area contributed by atoms with Gasteiger partial charge >= 0.3 is 0 Å². The molecule has 0 aliphatic carbocycles. The fourth-order valence-corrected chi connectivity index (χ4v) is 1.17. The van der Waals surface area contributed by atoms with Gasteiger partial charge in [-0.1, -0.05) is 30.3 Å². The van der Waals surface area contributed by atoms with Gasteiger partial charge in [-0.25, -0.2) is 0 Å². The first kappa shape index (κ1) is 8.43. The lowest BCUT2D eigenvalue weighted by atomic mass is 10.1. The first-order chi connectivity index (χ1) is 6.83. The Labute approximate surface area is 79.6 Å². The summed E-state index contributed by atoms with van der Waals surface area (Å²) in [5.74, 6) is 0. The van der Waals surface area contributed by atoms with Gasteiger partial charge in [-0.05, 0) is 4.90 Å². The van der Waals surface area contributed by atoms with Crippen molar-refractivity contribution >= 4 is 6.21 Å². The second-order valence-corrected chi connectivity index (χ2v) is 2.67. The summed E-state index contributed by atoms with van der Waals surface area (Å²) >= 11 is 0. The molecule has 1 aromatic heterocycles. The first-order valence-electron chi connectivity index (χ1n) is 3.98. The van der Waals surface area contributed by atoms with E-state index in [1.807, 2.05) is 18.2 Å². The van der Waals surface area contributed by atoms with Gasteiger partial charge in [0.1, 0.15) is 0 Å². The van der Waals surface area contributed by atoms with Gasteiger partial charge in [0.05, 0.1) is 6.21 Å². The average Bonchev–Trinajstić information content (AvgIpc) is 2.61. The van der Waals surface area contributed by atoms with E-state index in [-0.39, 0.29) is 10.6 Å². The maximum atomic E-state index is 11.0. The quantitative estimate of drug-likeness (QED) is 0.564. The molecule has 2 rings (SSSR count). The minimum Gasteiger partial charge on any atom is -0.359 e. The van der Waals surface area contributed by atoms with Gasteiger partial charge in [0.2, 0.25) is 5.69 Å². The molecule has 0 saturated heterocycles. The molecule has 5 nitrogen and oxygen atoms in total. The monoisotopic (exact) mass is 189 g/mol. The van der Waals surface area contributed by atoms with Crippen LogP contribution in [0, 0.1) is 10.6 Å². The van der Waals surface area contributed by atoms with Gasteiger partial charge in [-0.15, -0.1) is 0 Å². The number of benzene rings is 1. The predicted molar refractivity (Wildman–Crippen MR) is 48.8 cm³/mol. The highest BCUT2D eigenvalue weighted by Gasteiger charge is 2.17. The van der Waals surface area contributed by atoms with Crippen molar-refractivity contribution in [2.75, 3.05) is 0 Å². The summed E-state index contributed by atoms with van der Waals surface area (Å²) < 4.78 is 4.40. The van der Waals surface area contributed by atoms with Crippen LogP contribution in [0.3, 0.4) is 0 Å². The predicted octanol–water partition coefficient (Wildman–Crippen LogP) is 0.973. The third-order valence-electron chi connectivity index (χ3n) is 1.83. The molecule has 1 aromatic carbocycles. The van der Waals surface area contributed by atoms with E-state index in [4.69, 9.17) is 5.41 Å². The zero-order chi connectivity index (χ0) is 9.97. The molecule has 0 unspecified atom stereocenters. The zero-order valence-corrected chi connectivity index (χ0v) is 7.18. The summed E-state index contributed by atoms with van der Waals surface area (Å²) in [5.41, 5.74) is 1.25. The van der Waals surface area contributed by atoms with E-state index in [2.05, 4.69) is 9.79 Å². The van der Waals surface area contributed by atoms with Crippen LogP contribution in [-0.4, -0.2) is 11.4 Å². The number of aromatic nitrogens is 2. The molecule has 2 aromatic rings. The van der Waals surface area contributed by atoms with Crippen molar-refractivity contribution in [2.45, 2.75) is 0 Å². The average molecular weight is 189 g/mol. The third kappa shape index (κ3) is 1.24. The minimum atomic E-state index is 0.108. The Hall–Kier alpha value is -2.17. The number of nitrogens with zero attached hydrogens (tertiary/aromatic N) is 2. The van der Waals surface area contributed by atoms with Gasteiger partial charge < -0.3 is 10.6 Å². The van der Waals surface area contributed by atoms with Crippen LogP contribution in [-0.2, 0) is 0 Å². The van der Waals surface area contributed by atoms with E-state index in [1.165, 1.54) is 0 Å². The number of hydrogen-bond acceptors (Lipinski definition) is 4. The van der Waals surface area contributed by atoms with Crippen LogP contribution >= 0.6 is 0 Å². The van der Waals surface area contributed by atoms with E-state index in [0.29, 0.717) is 5.69 Å². The van der Waals surface area contributed by atoms with Gasteiger partial charge in [0, 0.05) is 10.7 Å².